The van der Waals surface area contributed by atoms with Crippen molar-refractivity contribution in [3.63, 3.8) is 0 Å². The Morgan fingerprint density at radius 1 is 0.917 bits per heavy atom. The minimum absolute atomic E-state index is 0.456. The molecule has 0 aromatic rings. The zero-order chi connectivity index (χ0) is 8.72. The normalized spacial score (nSPS) is 32.8. The fraction of sp³-hybridized carbons (Fsp3) is 0.400. The minimum atomic E-state index is -0.699. The van der Waals surface area contributed by atoms with Gasteiger partial charge in [-0.05, 0) is 0 Å². The van der Waals surface area contributed by atoms with E-state index >= 15 is 0 Å². The van der Waals surface area contributed by atoms with Crippen molar-refractivity contribution in [3.8, 4) is 0 Å². The van der Waals surface area contributed by atoms with Gasteiger partial charge in [-0.3, -0.25) is 10.1 Å². The van der Waals surface area contributed by atoms with Crippen LogP contribution in [0.5, 0.6) is 0 Å². The molecule has 0 radical (unpaired) electrons. The molecule has 64 valence electrons. The third-order valence-electron chi connectivity index (χ3n) is 1.71. The van der Waals surface area contributed by atoms with Gasteiger partial charge in [-0.15, -0.1) is 0 Å². The van der Waals surface area contributed by atoms with E-state index in [1.807, 2.05) is 5.32 Å². The lowest BCUT2D eigenvalue weighted by molar-refractivity contribution is -0.122. The topological polar surface area (TPSA) is 99.3 Å². The highest BCUT2D eigenvalue weighted by Gasteiger charge is 2.41. The fourth-order valence-electron chi connectivity index (χ4n) is 1.19. The van der Waals surface area contributed by atoms with Crippen LogP contribution in [-0.4, -0.2) is 30.2 Å². The molecule has 2 aliphatic rings. The Morgan fingerprint density at radius 3 is 2.33 bits per heavy atom. The van der Waals surface area contributed by atoms with Gasteiger partial charge in [0.1, 0.15) is 12.2 Å². The third kappa shape index (κ3) is 0.865. The van der Waals surface area contributed by atoms with Gasteiger partial charge >= 0.3 is 12.1 Å². The number of urea groups is 2. The van der Waals surface area contributed by atoms with Crippen molar-refractivity contribution in [2.24, 2.45) is 0 Å². The molecule has 7 nitrogen and oxygen atoms in total. The molecular formula is C5H6N4O3. The summed E-state index contributed by atoms with van der Waals surface area (Å²) in [5, 5.41) is 9.12. The lowest BCUT2D eigenvalue weighted by Crippen LogP contribution is -2.64. The summed E-state index contributed by atoms with van der Waals surface area (Å²) in [5.74, 6) is -0.498. The first-order valence-electron chi connectivity index (χ1n) is 3.35. The van der Waals surface area contributed by atoms with Crippen LogP contribution in [0, 0.1) is 0 Å². The van der Waals surface area contributed by atoms with Crippen LogP contribution in [0.4, 0.5) is 9.59 Å². The smallest absolute Gasteiger partial charge is 0.323 e. The number of amides is 5. The molecule has 0 aromatic carbocycles. The molecule has 0 bridgehead atoms. The number of nitrogens with one attached hydrogen (secondary N) is 4. The standard InChI is InChI=1S/C5H6N4O3/c10-3-1-2(7-4(11)6-1)8-5(12)9-3/h1-2H,(H2,6,7,11)(H2,8,9,10,12)/t1-,2-/m1/s1. The van der Waals surface area contributed by atoms with Crippen molar-refractivity contribution in [3.05, 3.63) is 0 Å². The van der Waals surface area contributed by atoms with Gasteiger partial charge in [-0.1, -0.05) is 0 Å². The molecule has 7 heteroatoms. The molecule has 0 spiro atoms. The third-order valence-corrected chi connectivity index (χ3v) is 1.71. The Balaban J connectivity index is 2.20. The summed E-state index contributed by atoms with van der Waals surface area (Å²) in [6.07, 6.45) is -0.626. The molecule has 0 unspecified atom stereocenters. The van der Waals surface area contributed by atoms with E-state index < -0.39 is 30.2 Å². The van der Waals surface area contributed by atoms with E-state index in [9.17, 15) is 14.4 Å². The van der Waals surface area contributed by atoms with Gasteiger partial charge in [0.15, 0.2) is 0 Å². The maximum absolute atomic E-state index is 11.0. The number of carbonyl (C=O) groups excluding carboxylic acids is 3. The maximum Gasteiger partial charge on any atom is 0.323 e. The number of rotatable bonds is 0. The van der Waals surface area contributed by atoms with Crippen molar-refractivity contribution in [2.75, 3.05) is 0 Å². The van der Waals surface area contributed by atoms with Crippen LogP contribution in [0.3, 0.4) is 0 Å². The highest BCUT2D eigenvalue weighted by atomic mass is 16.2. The quantitative estimate of drug-likeness (QED) is 0.333. The Hall–Kier alpha value is -1.79. The van der Waals surface area contributed by atoms with Gasteiger partial charge in [-0.2, -0.15) is 0 Å². The lowest BCUT2D eigenvalue weighted by atomic mass is 10.2. The first kappa shape index (κ1) is 6.89. The van der Waals surface area contributed by atoms with Crippen molar-refractivity contribution in [2.45, 2.75) is 12.2 Å². The average Bonchev–Trinajstić information content (AvgIpc) is 2.29. The van der Waals surface area contributed by atoms with Crippen LogP contribution < -0.4 is 21.3 Å². The fourth-order valence-corrected chi connectivity index (χ4v) is 1.19. The van der Waals surface area contributed by atoms with E-state index in [0.717, 1.165) is 0 Å². The SMILES string of the molecule is O=C1NC(=O)[C@@H]2NC(=O)N[C@@H]2N1. The van der Waals surface area contributed by atoms with E-state index in [1.54, 1.807) is 0 Å². The number of carbonyl (C=O) groups is 3. The van der Waals surface area contributed by atoms with Crippen molar-refractivity contribution < 1.29 is 14.4 Å². The van der Waals surface area contributed by atoms with Gasteiger partial charge in [0.05, 0.1) is 0 Å². The molecule has 2 aliphatic heterocycles. The first-order chi connectivity index (χ1) is 5.66. The molecule has 2 saturated heterocycles. The molecule has 0 aliphatic carbocycles. The zero-order valence-electron chi connectivity index (χ0n) is 5.88. The number of fused-ring (bicyclic) bond motifs is 1. The highest BCUT2D eigenvalue weighted by molar-refractivity contribution is 6.03. The van der Waals surface area contributed by atoms with Gasteiger partial charge in [0.25, 0.3) is 5.91 Å². The Kier molecular flexibility index (Phi) is 1.20. The molecule has 0 saturated carbocycles. The molecule has 2 heterocycles. The van der Waals surface area contributed by atoms with Crippen molar-refractivity contribution in [1.29, 1.82) is 0 Å². The van der Waals surface area contributed by atoms with Crippen molar-refractivity contribution >= 4 is 18.0 Å². The summed E-state index contributed by atoms with van der Waals surface area (Å²) in [7, 11) is 0. The molecule has 0 aromatic heterocycles. The van der Waals surface area contributed by atoms with Crippen LogP contribution in [-0.2, 0) is 4.79 Å². The van der Waals surface area contributed by atoms with Gasteiger partial charge in [0, 0.05) is 0 Å². The predicted octanol–water partition coefficient (Wildman–Crippen LogP) is -2.17. The Bertz CT molecular complexity index is 276. The molecule has 2 atom stereocenters. The van der Waals surface area contributed by atoms with Crippen LogP contribution in [0.2, 0.25) is 0 Å². The molecule has 12 heavy (non-hydrogen) atoms. The number of hydrogen-bond acceptors (Lipinski definition) is 3. The first-order valence-corrected chi connectivity index (χ1v) is 3.35. The highest BCUT2D eigenvalue weighted by Crippen LogP contribution is 2.02. The van der Waals surface area contributed by atoms with E-state index in [0.29, 0.717) is 0 Å². The van der Waals surface area contributed by atoms with Gasteiger partial charge < -0.3 is 16.0 Å². The largest absolute Gasteiger partial charge is 0.323 e. The van der Waals surface area contributed by atoms with E-state index in [4.69, 9.17) is 0 Å². The Labute approximate surface area is 66.9 Å². The summed E-state index contributed by atoms with van der Waals surface area (Å²) in [6.45, 7) is 0. The van der Waals surface area contributed by atoms with Crippen LogP contribution >= 0.6 is 0 Å². The zero-order valence-corrected chi connectivity index (χ0v) is 5.88. The second-order valence-corrected chi connectivity index (χ2v) is 2.54. The summed E-state index contributed by atoms with van der Waals surface area (Å²) >= 11 is 0. The van der Waals surface area contributed by atoms with Crippen LogP contribution in [0.15, 0.2) is 0 Å². The lowest BCUT2D eigenvalue weighted by Gasteiger charge is -2.23. The number of imide groups is 1. The van der Waals surface area contributed by atoms with E-state index in [2.05, 4.69) is 16.0 Å². The summed E-state index contributed by atoms with van der Waals surface area (Å²) in [4.78, 5) is 32.4. The van der Waals surface area contributed by atoms with E-state index in [1.165, 1.54) is 0 Å². The summed E-state index contributed by atoms with van der Waals surface area (Å²) in [6, 6.07) is -1.75. The van der Waals surface area contributed by atoms with Crippen LogP contribution in [0.1, 0.15) is 0 Å². The van der Waals surface area contributed by atoms with Crippen LogP contribution in [0.25, 0.3) is 0 Å². The second kappa shape index (κ2) is 2.10. The molecule has 2 fully saturated rings. The number of hydrogen-bond donors (Lipinski definition) is 4. The van der Waals surface area contributed by atoms with Crippen molar-refractivity contribution in [1.82, 2.24) is 21.3 Å². The second-order valence-electron chi connectivity index (χ2n) is 2.54. The monoisotopic (exact) mass is 170 g/mol. The molecular weight excluding hydrogens is 164 g/mol. The average molecular weight is 170 g/mol. The Morgan fingerprint density at radius 2 is 1.58 bits per heavy atom. The molecule has 4 N–H and O–H groups in total. The van der Waals surface area contributed by atoms with Gasteiger partial charge in [-0.25, -0.2) is 9.59 Å². The predicted molar refractivity (Wildman–Crippen MR) is 35.9 cm³/mol. The minimum Gasteiger partial charge on any atom is -0.323 e. The van der Waals surface area contributed by atoms with E-state index in [-0.39, 0.29) is 0 Å². The van der Waals surface area contributed by atoms with Gasteiger partial charge in [0.2, 0.25) is 0 Å². The summed E-state index contributed by atoms with van der Waals surface area (Å²) in [5.41, 5.74) is 0. The molecule has 5 amide bonds. The molecule has 2 rings (SSSR count). The summed E-state index contributed by atoms with van der Waals surface area (Å²) < 4.78 is 0. The maximum atomic E-state index is 11.0.